The molecule has 0 aliphatic heterocycles. The smallest absolute Gasteiger partial charge is 0.253 e. The molecule has 0 aliphatic rings. The van der Waals surface area contributed by atoms with Gasteiger partial charge in [0.2, 0.25) is 0 Å². The highest BCUT2D eigenvalue weighted by atomic mass is 32.1. The summed E-state index contributed by atoms with van der Waals surface area (Å²) in [4.78, 5) is 22.9. The van der Waals surface area contributed by atoms with Crippen LogP contribution in [0.1, 0.15) is 73.8 Å². The van der Waals surface area contributed by atoms with E-state index in [4.69, 9.17) is 9.72 Å². The molecule has 1 atom stereocenters. The molecule has 3 heterocycles. The summed E-state index contributed by atoms with van der Waals surface area (Å²) in [6, 6.07) is 14.2. The zero-order valence-corrected chi connectivity index (χ0v) is 24.6. The van der Waals surface area contributed by atoms with Gasteiger partial charge in [-0.05, 0) is 61.6 Å². The lowest BCUT2D eigenvalue weighted by Gasteiger charge is -2.15. The van der Waals surface area contributed by atoms with Crippen LogP contribution in [0.2, 0.25) is 0 Å². The highest BCUT2D eigenvalue weighted by molar-refractivity contribution is 7.13. The van der Waals surface area contributed by atoms with Crippen molar-refractivity contribution in [1.29, 1.82) is 0 Å². The Kier molecular flexibility index (Phi) is 9.93. The molecule has 1 aromatic carbocycles. The van der Waals surface area contributed by atoms with E-state index >= 15 is 0 Å². The first-order valence-electron chi connectivity index (χ1n) is 14.0. The van der Waals surface area contributed by atoms with Gasteiger partial charge in [-0.25, -0.2) is 4.98 Å². The molecule has 7 heteroatoms. The lowest BCUT2D eigenvalue weighted by molar-refractivity contribution is 0.0945. The predicted molar refractivity (Wildman–Crippen MR) is 161 cm³/mol. The summed E-state index contributed by atoms with van der Waals surface area (Å²) >= 11 is 1.62. The second kappa shape index (κ2) is 13.6. The first-order valence-corrected chi connectivity index (χ1v) is 14.9. The number of ether oxygens (including phenoxy) is 1. The van der Waals surface area contributed by atoms with Crippen LogP contribution in [0.5, 0.6) is 5.75 Å². The topological polar surface area (TPSA) is 69.0 Å². The van der Waals surface area contributed by atoms with Gasteiger partial charge < -0.3 is 14.6 Å². The number of pyridine rings is 1. The van der Waals surface area contributed by atoms with Crippen molar-refractivity contribution in [2.24, 2.45) is 5.92 Å². The van der Waals surface area contributed by atoms with E-state index in [1.807, 2.05) is 37.4 Å². The molecule has 0 saturated carbocycles. The molecule has 39 heavy (non-hydrogen) atoms. The van der Waals surface area contributed by atoms with E-state index in [0.717, 1.165) is 63.9 Å². The fraction of sp³-hybridized carbons (Fsp3) is 0.406. The van der Waals surface area contributed by atoms with Gasteiger partial charge in [0.25, 0.3) is 5.91 Å². The Hall–Kier alpha value is -3.45. The van der Waals surface area contributed by atoms with Crippen molar-refractivity contribution in [3.8, 4) is 27.7 Å². The fourth-order valence-corrected chi connectivity index (χ4v) is 5.62. The van der Waals surface area contributed by atoms with Gasteiger partial charge in [0.15, 0.2) is 0 Å². The Bertz CT molecular complexity index is 1370. The van der Waals surface area contributed by atoms with Gasteiger partial charge in [-0.2, -0.15) is 0 Å². The van der Waals surface area contributed by atoms with Crippen molar-refractivity contribution in [2.45, 2.75) is 66.3 Å². The molecule has 4 rings (SSSR count). The molecule has 206 valence electrons. The molecule has 6 nitrogen and oxygen atoms in total. The summed E-state index contributed by atoms with van der Waals surface area (Å²) in [6.07, 6.45) is 7.31. The molecular formula is C32H40N4O2S. The summed E-state index contributed by atoms with van der Waals surface area (Å²) in [6.45, 7) is 9.88. The minimum absolute atomic E-state index is 0.0191. The number of carbonyl (C=O) groups excluding carboxylic acids is 1. The maximum Gasteiger partial charge on any atom is 0.253 e. The lowest BCUT2D eigenvalue weighted by Crippen LogP contribution is -2.29. The number of thiazole rings is 1. The molecule has 1 N–H and O–H groups in total. The van der Waals surface area contributed by atoms with Gasteiger partial charge in [-0.1, -0.05) is 52.2 Å². The quantitative estimate of drug-likeness (QED) is 0.189. The van der Waals surface area contributed by atoms with Crippen LogP contribution in [0.15, 0.2) is 54.0 Å². The van der Waals surface area contributed by atoms with Crippen LogP contribution in [-0.2, 0) is 13.0 Å². The number of benzene rings is 1. The molecule has 0 fully saturated rings. The Morgan fingerprint density at radius 3 is 2.62 bits per heavy atom. The number of aryl methyl sites for hydroxylation is 1. The zero-order chi connectivity index (χ0) is 27.8. The number of rotatable bonds is 13. The summed E-state index contributed by atoms with van der Waals surface area (Å²) in [5, 5.41) is 6.25. The Morgan fingerprint density at radius 2 is 1.92 bits per heavy atom. The van der Waals surface area contributed by atoms with Gasteiger partial charge in [0.05, 0.1) is 24.1 Å². The lowest BCUT2D eigenvalue weighted by atomic mass is 9.99. The molecular weight excluding hydrogens is 504 g/mol. The third-order valence-electron chi connectivity index (χ3n) is 7.40. The Labute approximate surface area is 236 Å². The third-order valence-corrected chi connectivity index (χ3v) is 8.29. The normalized spacial score (nSPS) is 11.9. The van der Waals surface area contributed by atoms with Gasteiger partial charge in [0.1, 0.15) is 10.8 Å². The van der Waals surface area contributed by atoms with Gasteiger partial charge in [0, 0.05) is 41.6 Å². The molecule has 0 radical (unpaired) electrons. The molecule has 3 aromatic heterocycles. The molecule has 0 spiro atoms. The highest BCUT2D eigenvalue weighted by Crippen LogP contribution is 2.32. The van der Waals surface area contributed by atoms with Crippen molar-refractivity contribution in [3.63, 3.8) is 0 Å². The first kappa shape index (κ1) is 28.6. The monoisotopic (exact) mass is 544 g/mol. The maximum absolute atomic E-state index is 13.4. The van der Waals surface area contributed by atoms with E-state index < -0.39 is 0 Å². The summed E-state index contributed by atoms with van der Waals surface area (Å²) in [7, 11) is 1.67. The van der Waals surface area contributed by atoms with Gasteiger partial charge in [-0.3, -0.25) is 9.78 Å². The van der Waals surface area contributed by atoms with E-state index in [1.165, 1.54) is 12.8 Å². The van der Waals surface area contributed by atoms with E-state index in [2.05, 4.69) is 59.2 Å². The number of aromatic nitrogens is 3. The van der Waals surface area contributed by atoms with Crippen molar-refractivity contribution in [1.82, 2.24) is 19.9 Å². The largest absolute Gasteiger partial charge is 0.497 e. The van der Waals surface area contributed by atoms with Gasteiger partial charge in [-0.15, -0.1) is 11.3 Å². The minimum Gasteiger partial charge on any atom is -0.497 e. The number of unbranched alkanes of at least 4 members (excludes halogenated alkanes) is 1. The van der Waals surface area contributed by atoms with E-state index in [1.54, 1.807) is 18.4 Å². The standard InChI is InChI=1S/C32H40N4O2S/c1-6-9-10-23(7-2)19-34-31(37)28-18-30(36(22(28)4)20-24-11-13-27(38-5)14-12-24)29-21-39-32(35-29)25-15-16-33-26(8-3)17-25/h11-18,21,23H,6-10,19-20H2,1-5H3,(H,34,37). The summed E-state index contributed by atoms with van der Waals surface area (Å²) in [5.74, 6) is 1.31. The highest BCUT2D eigenvalue weighted by Gasteiger charge is 2.21. The average Bonchev–Trinajstić information content (AvgIpc) is 3.58. The molecule has 1 amide bonds. The maximum atomic E-state index is 13.4. The fourth-order valence-electron chi connectivity index (χ4n) is 4.81. The number of methoxy groups -OCH3 is 1. The van der Waals surface area contributed by atoms with Crippen molar-refractivity contribution in [3.05, 3.63) is 76.6 Å². The number of nitrogens with zero attached hydrogens (tertiary/aromatic N) is 3. The Balaban J connectivity index is 1.67. The molecule has 0 saturated heterocycles. The second-order valence-corrected chi connectivity index (χ2v) is 10.9. The van der Waals surface area contributed by atoms with E-state index in [0.29, 0.717) is 24.6 Å². The van der Waals surface area contributed by atoms with Crippen molar-refractivity contribution >= 4 is 17.2 Å². The third kappa shape index (κ3) is 6.95. The molecule has 0 aliphatic carbocycles. The predicted octanol–water partition coefficient (Wildman–Crippen LogP) is 7.55. The molecule has 1 unspecified atom stereocenters. The summed E-state index contributed by atoms with van der Waals surface area (Å²) < 4.78 is 7.54. The molecule has 4 aromatic rings. The van der Waals surface area contributed by atoms with Crippen LogP contribution in [0, 0.1) is 12.8 Å². The van der Waals surface area contributed by atoms with Crippen LogP contribution in [0.25, 0.3) is 22.0 Å². The first-order chi connectivity index (χ1) is 19.0. The average molecular weight is 545 g/mol. The second-order valence-electron chi connectivity index (χ2n) is 10.0. The number of carbonyl (C=O) groups is 1. The zero-order valence-electron chi connectivity index (χ0n) is 23.8. The van der Waals surface area contributed by atoms with Gasteiger partial charge >= 0.3 is 0 Å². The molecule has 0 bridgehead atoms. The van der Waals surface area contributed by atoms with Crippen LogP contribution < -0.4 is 10.1 Å². The summed E-state index contributed by atoms with van der Waals surface area (Å²) in [5.41, 5.74) is 6.70. The van der Waals surface area contributed by atoms with E-state index in [-0.39, 0.29) is 5.91 Å². The number of hydrogen-bond donors (Lipinski definition) is 1. The number of amides is 1. The number of hydrogen-bond acceptors (Lipinski definition) is 5. The van der Waals surface area contributed by atoms with Crippen LogP contribution >= 0.6 is 11.3 Å². The van der Waals surface area contributed by atoms with Crippen LogP contribution in [0.4, 0.5) is 0 Å². The van der Waals surface area contributed by atoms with Crippen molar-refractivity contribution < 1.29 is 9.53 Å². The number of nitrogens with one attached hydrogen (secondary N) is 1. The Morgan fingerprint density at radius 1 is 1.13 bits per heavy atom. The van der Waals surface area contributed by atoms with E-state index in [9.17, 15) is 4.79 Å². The SMILES string of the molecule is CCCCC(CC)CNC(=O)c1cc(-c2csc(-c3ccnc(CC)c3)n2)n(Cc2ccc(OC)cc2)c1C. The van der Waals surface area contributed by atoms with Crippen molar-refractivity contribution in [2.75, 3.05) is 13.7 Å². The minimum atomic E-state index is -0.0191. The van der Waals surface area contributed by atoms with Crippen LogP contribution in [-0.4, -0.2) is 34.1 Å². The van der Waals surface area contributed by atoms with Crippen LogP contribution in [0.3, 0.4) is 0 Å².